The minimum absolute atomic E-state index is 0.324. The molecule has 3 heteroatoms. The second kappa shape index (κ2) is 4.00. The van der Waals surface area contributed by atoms with Crippen molar-refractivity contribution >= 4 is 0 Å². The van der Waals surface area contributed by atoms with Crippen LogP contribution in [0.25, 0.3) is 4.85 Å². The van der Waals surface area contributed by atoms with E-state index >= 15 is 0 Å². The first-order valence-corrected chi connectivity index (χ1v) is 2.17. The van der Waals surface area contributed by atoms with Crippen molar-refractivity contribution in [2.75, 3.05) is 6.61 Å². The van der Waals surface area contributed by atoms with Gasteiger partial charge in [0, 0.05) is 5.95 Å². The van der Waals surface area contributed by atoms with Crippen LogP contribution in [-0.2, 0) is 4.74 Å². The first-order chi connectivity index (χ1) is 3.81. The summed E-state index contributed by atoms with van der Waals surface area (Å²) in [4.78, 5) is 2.70. The zero-order chi connectivity index (χ0) is 6.41. The van der Waals surface area contributed by atoms with Crippen molar-refractivity contribution in [2.24, 2.45) is 0 Å². The lowest BCUT2D eigenvalue weighted by atomic mass is 10.8. The second-order valence-corrected chi connectivity index (χ2v) is 1.01. The molecule has 0 spiro atoms. The van der Waals surface area contributed by atoms with Crippen LogP contribution in [0, 0.1) is 6.57 Å². The van der Waals surface area contributed by atoms with Gasteiger partial charge in [-0.15, -0.1) is 0 Å². The first kappa shape index (κ1) is 6.83. The number of hydrogen-bond acceptors (Lipinski definition) is 2. The number of nitrogens with zero attached hydrogens (tertiary/aromatic N) is 1. The Labute approximate surface area is 48.0 Å². The summed E-state index contributed by atoms with van der Waals surface area (Å²) in [5.41, 5.74) is 0. The van der Waals surface area contributed by atoms with Gasteiger partial charge in [0.25, 0.3) is 0 Å². The van der Waals surface area contributed by atoms with Gasteiger partial charge in [-0.2, -0.15) is 0 Å². The monoisotopic (exact) mass is 112 g/mol. The molecular weight excluding hydrogens is 106 g/mol. The SMILES string of the molecule is [C-]#[N+]C=C([O-])OCC. The van der Waals surface area contributed by atoms with E-state index in [1.165, 1.54) is 0 Å². The Hall–Kier alpha value is -1.17. The van der Waals surface area contributed by atoms with Gasteiger partial charge in [-0.25, -0.2) is 4.85 Å². The van der Waals surface area contributed by atoms with Crippen LogP contribution >= 0.6 is 0 Å². The highest BCUT2D eigenvalue weighted by atomic mass is 16.6. The molecule has 8 heavy (non-hydrogen) atoms. The number of ether oxygens (including phenoxy) is 1. The van der Waals surface area contributed by atoms with Crippen molar-refractivity contribution in [3.8, 4) is 0 Å². The van der Waals surface area contributed by atoms with Crippen molar-refractivity contribution in [2.45, 2.75) is 6.92 Å². The summed E-state index contributed by atoms with van der Waals surface area (Å²) in [5.74, 6) is -0.567. The van der Waals surface area contributed by atoms with E-state index in [-0.39, 0.29) is 0 Å². The molecular formula is C5H6NO2-. The Bertz CT molecular complexity index is 123. The maximum atomic E-state index is 10.2. The molecule has 0 atom stereocenters. The molecule has 0 amide bonds. The molecule has 0 aromatic rings. The third kappa shape index (κ3) is 3.04. The van der Waals surface area contributed by atoms with Crippen LogP contribution < -0.4 is 5.11 Å². The van der Waals surface area contributed by atoms with Gasteiger partial charge < -0.3 is 9.84 Å². The largest absolute Gasteiger partial charge is 0.623 e. The molecule has 0 radical (unpaired) electrons. The molecule has 3 nitrogen and oxygen atoms in total. The van der Waals surface area contributed by atoms with Crippen LogP contribution in [0.3, 0.4) is 0 Å². The lowest BCUT2D eigenvalue weighted by molar-refractivity contribution is -0.356. The third-order valence-electron chi connectivity index (χ3n) is 0.457. The van der Waals surface area contributed by atoms with Crippen LogP contribution in [-0.4, -0.2) is 6.61 Å². The molecule has 0 saturated heterocycles. The molecule has 0 heterocycles. The fourth-order valence-corrected chi connectivity index (χ4v) is 0.232. The first-order valence-electron chi connectivity index (χ1n) is 2.17. The van der Waals surface area contributed by atoms with Crippen molar-refractivity contribution in [3.05, 3.63) is 23.6 Å². The van der Waals surface area contributed by atoms with Gasteiger partial charge in [0.2, 0.25) is 0 Å². The summed E-state index contributed by atoms with van der Waals surface area (Å²) in [5, 5.41) is 10.2. The molecule has 0 aliphatic heterocycles. The van der Waals surface area contributed by atoms with Gasteiger partial charge in [0.15, 0.2) is 6.20 Å². The minimum Gasteiger partial charge on any atom is -0.623 e. The van der Waals surface area contributed by atoms with E-state index in [9.17, 15) is 5.11 Å². The van der Waals surface area contributed by atoms with Gasteiger partial charge in [-0.3, -0.25) is 0 Å². The topological polar surface area (TPSA) is 36.6 Å². The van der Waals surface area contributed by atoms with Crippen LogP contribution in [0.4, 0.5) is 0 Å². The Morgan fingerprint density at radius 1 is 2.00 bits per heavy atom. The Kier molecular flexibility index (Phi) is 3.42. The molecule has 0 aromatic carbocycles. The predicted molar refractivity (Wildman–Crippen MR) is 26.3 cm³/mol. The molecule has 0 aromatic heterocycles. The van der Waals surface area contributed by atoms with Gasteiger partial charge >= 0.3 is 0 Å². The normalized spacial score (nSPS) is 10.2. The lowest BCUT2D eigenvalue weighted by Gasteiger charge is -2.09. The Morgan fingerprint density at radius 3 is 3.00 bits per heavy atom. The predicted octanol–water partition coefficient (Wildman–Crippen LogP) is 0.101. The summed E-state index contributed by atoms with van der Waals surface area (Å²) < 4.78 is 4.37. The highest BCUT2D eigenvalue weighted by Gasteiger charge is 1.71. The third-order valence-corrected chi connectivity index (χ3v) is 0.457. The maximum Gasteiger partial charge on any atom is 0.175 e. The molecule has 0 rings (SSSR count). The molecule has 0 aliphatic carbocycles. The molecule has 0 unspecified atom stereocenters. The molecule has 0 N–H and O–H groups in total. The summed E-state index contributed by atoms with van der Waals surface area (Å²) in [7, 11) is 0. The van der Waals surface area contributed by atoms with Gasteiger partial charge in [-0.1, -0.05) is 6.92 Å². The van der Waals surface area contributed by atoms with Crippen LogP contribution in [0.15, 0.2) is 12.1 Å². The average molecular weight is 112 g/mol. The summed E-state index contributed by atoms with van der Waals surface area (Å²) in [6.45, 7) is 8.19. The summed E-state index contributed by atoms with van der Waals surface area (Å²) in [6, 6.07) is 0. The lowest BCUT2D eigenvalue weighted by Crippen LogP contribution is -2.06. The zero-order valence-corrected chi connectivity index (χ0v) is 4.55. The maximum absolute atomic E-state index is 10.2. The Morgan fingerprint density at radius 2 is 2.62 bits per heavy atom. The van der Waals surface area contributed by atoms with E-state index in [0.717, 1.165) is 6.20 Å². The van der Waals surface area contributed by atoms with Gasteiger partial charge in [0.05, 0.1) is 6.57 Å². The summed E-state index contributed by atoms with van der Waals surface area (Å²) in [6.07, 6.45) is 0.809. The zero-order valence-electron chi connectivity index (χ0n) is 4.55. The van der Waals surface area contributed by atoms with Crippen LogP contribution in [0.2, 0.25) is 0 Å². The van der Waals surface area contributed by atoms with Crippen molar-refractivity contribution in [1.29, 1.82) is 0 Å². The van der Waals surface area contributed by atoms with E-state index < -0.39 is 5.95 Å². The van der Waals surface area contributed by atoms with Crippen molar-refractivity contribution < 1.29 is 9.84 Å². The van der Waals surface area contributed by atoms with Gasteiger partial charge in [0.1, 0.15) is 0 Å². The fraction of sp³-hybridized carbons (Fsp3) is 0.400. The highest BCUT2D eigenvalue weighted by Crippen LogP contribution is 1.84. The van der Waals surface area contributed by atoms with E-state index in [1.54, 1.807) is 6.92 Å². The van der Waals surface area contributed by atoms with E-state index in [2.05, 4.69) is 9.58 Å². The van der Waals surface area contributed by atoms with E-state index in [1.807, 2.05) is 0 Å². The molecule has 0 saturated carbocycles. The number of hydrogen-bond donors (Lipinski definition) is 0. The average Bonchev–Trinajstić information content (AvgIpc) is 1.68. The fourth-order valence-electron chi connectivity index (χ4n) is 0.232. The Balaban J connectivity index is 3.49. The molecule has 0 aliphatic rings. The van der Waals surface area contributed by atoms with Crippen LogP contribution in [0.5, 0.6) is 0 Å². The standard InChI is InChI=1S/C5H7NO2/c1-3-8-5(7)4-6-2/h4,7H,3H2,1H3/p-1. The molecule has 0 fully saturated rings. The van der Waals surface area contributed by atoms with E-state index in [0.29, 0.717) is 6.61 Å². The molecule has 44 valence electrons. The van der Waals surface area contributed by atoms with Crippen molar-refractivity contribution in [1.82, 2.24) is 0 Å². The number of rotatable bonds is 2. The quantitative estimate of drug-likeness (QED) is 0.375. The smallest absolute Gasteiger partial charge is 0.175 e. The van der Waals surface area contributed by atoms with Gasteiger partial charge in [-0.05, 0) is 6.61 Å². The minimum atomic E-state index is -0.567. The van der Waals surface area contributed by atoms with E-state index in [4.69, 9.17) is 6.57 Å². The highest BCUT2D eigenvalue weighted by molar-refractivity contribution is 4.87. The second-order valence-electron chi connectivity index (χ2n) is 1.01. The summed E-state index contributed by atoms with van der Waals surface area (Å²) >= 11 is 0. The molecule has 0 bridgehead atoms. The van der Waals surface area contributed by atoms with Crippen molar-refractivity contribution in [3.63, 3.8) is 0 Å². The van der Waals surface area contributed by atoms with Crippen LogP contribution in [0.1, 0.15) is 6.92 Å².